The molecule has 2 aromatic rings. The van der Waals surface area contributed by atoms with Crippen LogP contribution in [0.3, 0.4) is 0 Å². The molecular weight excluding hydrogens is 286 g/mol. The maximum Gasteiger partial charge on any atom is 0.342 e. The van der Waals surface area contributed by atoms with E-state index in [2.05, 4.69) is 5.32 Å². The average molecular weight is 303 g/mol. The zero-order chi connectivity index (χ0) is 16.1. The Labute approximate surface area is 128 Å². The predicted octanol–water partition coefficient (Wildman–Crippen LogP) is 2.70. The lowest BCUT2D eigenvalue weighted by Crippen LogP contribution is -2.21. The molecule has 0 spiro atoms. The summed E-state index contributed by atoms with van der Waals surface area (Å²) in [5.41, 5.74) is 0.923. The van der Waals surface area contributed by atoms with Crippen molar-refractivity contribution in [1.82, 2.24) is 0 Å². The zero-order valence-corrected chi connectivity index (χ0v) is 12.6. The van der Waals surface area contributed by atoms with Gasteiger partial charge in [-0.1, -0.05) is 0 Å². The lowest BCUT2D eigenvalue weighted by Gasteiger charge is -2.07. The molecule has 22 heavy (non-hydrogen) atoms. The van der Waals surface area contributed by atoms with Crippen LogP contribution in [0.4, 0.5) is 5.69 Å². The number of furan rings is 1. The van der Waals surface area contributed by atoms with Gasteiger partial charge in [0.25, 0.3) is 5.91 Å². The van der Waals surface area contributed by atoms with E-state index in [1.807, 2.05) is 0 Å². The minimum Gasteiger partial charge on any atom is -0.497 e. The van der Waals surface area contributed by atoms with Crippen molar-refractivity contribution in [2.45, 2.75) is 13.8 Å². The Morgan fingerprint density at radius 1 is 1.18 bits per heavy atom. The molecule has 6 nitrogen and oxygen atoms in total. The molecule has 0 unspecified atom stereocenters. The summed E-state index contributed by atoms with van der Waals surface area (Å²) in [5.74, 6) is 0.774. The minimum absolute atomic E-state index is 0.328. The Balaban J connectivity index is 1.87. The molecule has 0 radical (unpaired) electrons. The number of benzene rings is 1. The van der Waals surface area contributed by atoms with Crippen molar-refractivity contribution in [3.8, 4) is 5.75 Å². The number of anilines is 1. The monoisotopic (exact) mass is 303 g/mol. The SMILES string of the molecule is COc1ccc(NC(=O)COC(=O)c2cc(C)oc2C)cc1. The number of carbonyl (C=O) groups excluding carboxylic acids is 2. The van der Waals surface area contributed by atoms with Gasteiger partial charge in [0.05, 0.1) is 7.11 Å². The summed E-state index contributed by atoms with van der Waals surface area (Å²) in [6, 6.07) is 8.42. The van der Waals surface area contributed by atoms with E-state index < -0.39 is 11.9 Å². The molecule has 0 atom stereocenters. The van der Waals surface area contributed by atoms with Crippen LogP contribution in [0.25, 0.3) is 0 Å². The third kappa shape index (κ3) is 3.88. The summed E-state index contributed by atoms with van der Waals surface area (Å²) >= 11 is 0. The number of aryl methyl sites for hydroxylation is 2. The van der Waals surface area contributed by atoms with Crippen LogP contribution in [0, 0.1) is 13.8 Å². The van der Waals surface area contributed by atoms with Gasteiger partial charge in [-0.15, -0.1) is 0 Å². The summed E-state index contributed by atoms with van der Waals surface area (Å²) < 4.78 is 15.2. The molecule has 0 aliphatic heterocycles. The van der Waals surface area contributed by atoms with Crippen molar-refractivity contribution in [2.24, 2.45) is 0 Å². The molecule has 2 rings (SSSR count). The highest BCUT2D eigenvalue weighted by Crippen LogP contribution is 2.16. The highest BCUT2D eigenvalue weighted by atomic mass is 16.5. The largest absolute Gasteiger partial charge is 0.497 e. The molecular formula is C16H17NO5. The topological polar surface area (TPSA) is 77.8 Å². The van der Waals surface area contributed by atoms with Gasteiger partial charge in [-0.3, -0.25) is 4.79 Å². The minimum atomic E-state index is -0.584. The fourth-order valence-corrected chi connectivity index (χ4v) is 1.91. The van der Waals surface area contributed by atoms with Crippen molar-refractivity contribution in [2.75, 3.05) is 19.0 Å². The summed E-state index contributed by atoms with van der Waals surface area (Å²) in [7, 11) is 1.56. The van der Waals surface area contributed by atoms with E-state index in [1.165, 1.54) is 0 Å². The number of hydrogen-bond donors (Lipinski definition) is 1. The van der Waals surface area contributed by atoms with Crippen molar-refractivity contribution in [1.29, 1.82) is 0 Å². The van der Waals surface area contributed by atoms with E-state index in [1.54, 1.807) is 51.3 Å². The van der Waals surface area contributed by atoms with Gasteiger partial charge in [0.1, 0.15) is 22.8 Å². The maximum absolute atomic E-state index is 11.8. The van der Waals surface area contributed by atoms with E-state index in [-0.39, 0.29) is 6.61 Å². The van der Waals surface area contributed by atoms with Gasteiger partial charge in [0.2, 0.25) is 0 Å². The smallest absolute Gasteiger partial charge is 0.342 e. The van der Waals surface area contributed by atoms with Crippen LogP contribution in [-0.2, 0) is 9.53 Å². The van der Waals surface area contributed by atoms with Gasteiger partial charge < -0.3 is 19.2 Å². The second kappa shape index (κ2) is 6.80. The summed E-state index contributed by atoms with van der Waals surface area (Å²) in [4.78, 5) is 23.6. The van der Waals surface area contributed by atoms with Crippen LogP contribution in [0.15, 0.2) is 34.7 Å². The van der Waals surface area contributed by atoms with Gasteiger partial charge in [-0.25, -0.2) is 4.79 Å². The highest BCUT2D eigenvalue weighted by molar-refractivity contribution is 5.95. The third-order valence-corrected chi connectivity index (χ3v) is 2.97. The standard InChI is InChI=1S/C16H17NO5/c1-10-8-14(11(2)22-10)16(19)21-9-15(18)17-12-4-6-13(20-3)7-5-12/h4-8H,9H2,1-3H3,(H,17,18). The lowest BCUT2D eigenvalue weighted by molar-refractivity contribution is -0.119. The Bertz CT molecular complexity index is 672. The number of amides is 1. The van der Waals surface area contributed by atoms with Crippen LogP contribution < -0.4 is 10.1 Å². The van der Waals surface area contributed by atoms with E-state index in [4.69, 9.17) is 13.9 Å². The molecule has 1 N–H and O–H groups in total. The summed E-state index contributed by atoms with van der Waals surface area (Å²) in [6.45, 7) is 3.04. The Morgan fingerprint density at radius 2 is 1.86 bits per heavy atom. The summed E-state index contributed by atoms with van der Waals surface area (Å²) in [5, 5.41) is 2.62. The Hall–Kier alpha value is -2.76. The first-order chi connectivity index (χ1) is 10.5. The first-order valence-corrected chi connectivity index (χ1v) is 6.67. The van der Waals surface area contributed by atoms with E-state index in [9.17, 15) is 9.59 Å². The normalized spacial score (nSPS) is 10.1. The molecule has 116 valence electrons. The lowest BCUT2D eigenvalue weighted by atomic mass is 10.2. The van der Waals surface area contributed by atoms with Crippen LogP contribution >= 0.6 is 0 Å². The van der Waals surface area contributed by atoms with Crippen LogP contribution in [0.5, 0.6) is 5.75 Å². The number of nitrogens with one attached hydrogen (secondary N) is 1. The molecule has 0 aliphatic carbocycles. The highest BCUT2D eigenvalue weighted by Gasteiger charge is 2.16. The fraction of sp³-hybridized carbons (Fsp3) is 0.250. The molecule has 0 bridgehead atoms. The second-order valence-electron chi connectivity index (χ2n) is 4.68. The first kappa shape index (κ1) is 15.6. The molecule has 6 heteroatoms. The van der Waals surface area contributed by atoms with Crippen LogP contribution in [0.1, 0.15) is 21.9 Å². The predicted molar refractivity (Wildman–Crippen MR) is 80.1 cm³/mol. The van der Waals surface area contributed by atoms with Crippen molar-refractivity contribution >= 4 is 17.6 Å². The molecule has 1 aromatic carbocycles. The van der Waals surface area contributed by atoms with Crippen molar-refractivity contribution in [3.63, 3.8) is 0 Å². The number of esters is 1. The molecule has 0 aliphatic rings. The number of methoxy groups -OCH3 is 1. The van der Waals surface area contributed by atoms with Gasteiger partial charge in [-0.2, -0.15) is 0 Å². The van der Waals surface area contributed by atoms with Gasteiger partial charge in [-0.05, 0) is 44.2 Å². The second-order valence-corrected chi connectivity index (χ2v) is 4.68. The van der Waals surface area contributed by atoms with Crippen LogP contribution in [0.2, 0.25) is 0 Å². The molecule has 0 fully saturated rings. The fourth-order valence-electron chi connectivity index (χ4n) is 1.91. The van der Waals surface area contributed by atoms with E-state index in [0.29, 0.717) is 28.5 Å². The molecule has 1 aromatic heterocycles. The molecule has 0 saturated carbocycles. The van der Waals surface area contributed by atoms with Crippen molar-refractivity contribution < 1.29 is 23.5 Å². The quantitative estimate of drug-likeness (QED) is 0.859. The van der Waals surface area contributed by atoms with E-state index >= 15 is 0 Å². The molecule has 1 amide bonds. The Kier molecular flexibility index (Phi) is 4.83. The van der Waals surface area contributed by atoms with Gasteiger partial charge >= 0.3 is 5.97 Å². The van der Waals surface area contributed by atoms with E-state index in [0.717, 1.165) is 0 Å². The molecule has 0 saturated heterocycles. The Morgan fingerprint density at radius 3 is 2.41 bits per heavy atom. The number of carbonyl (C=O) groups is 2. The maximum atomic E-state index is 11.8. The zero-order valence-electron chi connectivity index (χ0n) is 12.6. The average Bonchev–Trinajstić information content (AvgIpc) is 2.84. The van der Waals surface area contributed by atoms with Gasteiger partial charge in [0.15, 0.2) is 6.61 Å². The number of rotatable bonds is 5. The van der Waals surface area contributed by atoms with Crippen molar-refractivity contribution in [3.05, 3.63) is 47.4 Å². The number of hydrogen-bond acceptors (Lipinski definition) is 5. The molecule has 1 heterocycles. The van der Waals surface area contributed by atoms with Gasteiger partial charge in [0, 0.05) is 5.69 Å². The first-order valence-electron chi connectivity index (χ1n) is 6.67. The number of ether oxygens (including phenoxy) is 2. The third-order valence-electron chi connectivity index (χ3n) is 2.97. The van der Waals surface area contributed by atoms with Crippen LogP contribution in [-0.4, -0.2) is 25.6 Å². The summed E-state index contributed by atoms with van der Waals surface area (Å²) in [6.07, 6.45) is 0.